The summed E-state index contributed by atoms with van der Waals surface area (Å²) in [5.41, 5.74) is 0. The first-order valence-electron chi connectivity index (χ1n) is 6.54. The van der Waals surface area contributed by atoms with E-state index in [0.29, 0.717) is 19.2 Å². The molecular formula is C14H23NO2S. The third kappa shape index (κ3) is 4.78. The Balaban J connectivity index is 2.59. The molecule has 0 amide bonds. The van der Waals surface area contributed by atoms with E-state index in [0.717, 1.165) is 13.0 Å². The van der Waals surface area contributed by atoms with Crippen LogP contribution in [-0.4, -0.2) is 30.1 Å². The molecule has 0 aliphatic carbocycles. The van der Waals surface area contributed by atoms with E-state index < -0.39 is 0 Å². The van der Waals surface area contributed by atoms with Crippen molar-refractivity contribution in [2.75, 3.05) is 13.2 Å². The fraction of sp³-hybridized carbons (Fsp3) is 0.643. The summed E-state index contributed by atoms with van der Waals surface area (Å²) in [6.45, 7) is 9.84. The summed E-state index contributed by atoms with van der Waals surface area (Å²) in [5.74, 6) is -0.140. The maximum Gasteiger partial charge on any atom is 0.320 e. The predicted molar refractivity (Wildman–Crippen MR) is 75.9 cm³/mol. The molecule has 0 N–H and O–H groups in total. The molecule has 0 radical (unpaired) electrons. The van der Waals surface area contributed by atoms with Crippen LogP contribution in [0.25, 0.3) is 0 Å². The Hall–Kier alpha value is -0.870. The summed E-state index contributed by atoms with van der Waals surface area (Å²) >= 11 is 1.83. The van der Waals surface area contributed by atoms with Gasteiger partial charge < -0.3 is 4.74 Å². The van der Waals surface area contributed by atoms with Crippen molar-refractivity contribution in [2.45, 2.75) is 46.7 Å². The molecule has 0 aliphatic heterocycles. The van der Waals surface area contributed by atoms with Crippen molar-refractivity contribution in [2.24, 2.45) is 0 Å². The first kappa shape index (κ1) is 15.2. The van der Waals surface area contributed by atoms with Crippen molar-refractivity contribution < 1.29 is 9.53 Å². The number of nitrogens with zero attached hydrogens (tertiary/aromatic N) is 1. The number of hydrogen-bond acceptors (Lipinski definition) is 4. The summed E-state index contributed by atoms with van der Waals surface area (Å²) < 4.78 is 5.01. The number of ether oxygens (including phenoxy) is 1. The molecule has 0 unspecified atom stereocenters. The Kier molecular flexibility index (Phi) is 6.36. The van der Waals surface area contributed by atoms with Crippen LogP contribution in [0.5, 0.6) is 0 Å². The summed E-state index contributed by atoms with van der Waals surface area (Å²) in [6, 6.07) is 4.66. The van der Waals surface area contributed by atoms with Crippen molar-refractivity contribution in [1.29, 1.82) is 0 Å². The van der Waals surface area contributed by atoms with Crippen LogP contribution in [0.4, 0.5) is 0 Å². The number of carbonyl (C=O) groups excluding carboxylic acids is 1. The fourth-order valence-electron chi connectivity index (χ4n) is 1.69. The minimum Gasteiger partial charge on any atom is -0.465 e. The standard InChI is InChI=1S/C14H23NO2S/c1-5-12-7-8-13(18-12)9-15(11(3)4)10-14(16)17-6-2/h7-8,11H,5-6,9-10H2,1-4H3. The fourth-order valence-corrected chi connectivity index (χ4v) is 2.67. The maximum atomic E-state index is 11.5. The van der Waals surface area contributed by atoms with Crippen LogP contribution < -0.4 is 0 Å². The molecule has 1 aromatic rings. The van der Waals surface area contributed by atoms with Crippen LogP contribution in [-0.2, 0) is 22.5 Å². The zero-order chi connectivity index (χ0) is 13.5. The summed E-state index contributed by atoms with van der Waals surface area (Å²) in [7, 11) is 0. The van der Waals surface area contributed by atoms with E-state index in [1.807, 2.05) is 18.3 Å². The molecule has 0 saturated carbocycles. The molecule has 3 nitrogen and oxygen atoms in total. The lowest BCUT2D eigenvalue weighted by atomic mass is 10.3. The largest absolute Gasteiger partial charge is 0.465 e. The minimum atomic E-state index is -0.140. The van der Waals surface area contributed by atoms with Crippen molar-refractivity contribution in [3.8, 4) is 0 Å². The van der Waals surface area contributed by atoms with Crippen LogP contribution in [0.1, 0.15) is 37.4 Å². The van der Waals surface area contributed by atoms with Gasteiger partial charge in [-0.3, -0.25) is 9.69 Å². The highest BCUT2D eigenvalue weighted by Crippen LogP contribution is 2.19. The van der Waals surface area contributed by atoms with Crippen LogP contribution in [0.15, 0.2) is 12.1 Å². The topological polar surface area (TPSA) is 29.5 Å². The molecule has 0 bridgehead atoms. The van der Waals surface area contributed by atoms with Gasteiger partial charge in [0.25, 0.3) is 0 Å². The smallest absolute Gasteiger partial charge is 0.320 e. The Morgan fingerprint density at radius 2 is 2.00 bits per heavy atom. The highest BCUT2D eigenvalue weighted by atomic mass is 32.1. The highest BCUT2D eigenvalue weighted by molar-refractivity contribution is 7.11. The van der Waals surface area contributed by atoms with E-state index in [1.54, 1.807) is 0 Å². The average Bonchev–Trinajstić information content (AvgIpc) is 2.76. The molecule has 18 heavy (non-hydrogen) atoms. The summed E-state index contributed by atoms with van der Waals surface area (Å²) in [5, 5.41) is 0. The van der Waals surface area contributed by atoms with E-state index in [-0.39, 0.29) is 5.97 Å². The molecule has 0 fully saturated rings. The van der Waals surface area contributed by atoms with Gasteiger partial charge in [0.05, 0.1) is 13.2 Å². The van der Waals surface area contributed by atoms with Crippen LogP contribution in [0.2, 0.25) is 0 Å². The van der Waals surface area contributed by atoms with Gasteiger partial charge in [0.1, 0.15) is 0 Å². The second-order valence-corrected chi connectivity index (χ2v) is 5.78. The number of carbonyl (C=O) groups is 1. The van der Waals surface area contributed by atoms with Crippen molar-refractivity contribution in [1.82, 2.24) is 4.90 Å². The number of thiophene rings is 1. The van der Waals surface area contributed by atoms with Gasteiger partial charge in [0.2, 0.25) is 0 Å². The third-order valence-electron chi connectivity index (χ3n) is 2.79. The lowest BCUT2D eigenvalue weighted by Crippen LogP contribution is -2.35. The second kappa shape index (κ2) is 7.54. The summed E-state index contributed by atoms with van der Waals surface area (Å²) in [6.07, 6.45) is 1.07. The number of aryl methyl sites for hydroxylation is 1. The quantitative estimate of drug-likeness (QED) is 0.712. The Morgan fingerprint density at radius 1 is 1.33 bits per heavy atom. The monoisotopic (exact) mass is 269 g/mol. The normalized spacial score (nSPS) is 11.2. The van der Waals surface area contributed by atoms with Gasteiger partial charge in [-0.25, -0.2) is 0 Å². The van der Waals surface area contributed by atoms with E-state index in [2.05, 4.69) is 37.8 Å². The van der Waals surface area contributed by atoms with Gasteiger partial charge in [-0.15, -0.1) is 11.3 Å². The molecule has 0 atom stereocenters. The van der Waals surface area contributed by atoms with Gasteiger partial charge in [-0.2, -0.15) is 0 Å². The maximum absolute atomic E-state index is 11.5. The van der Waals surface area contributed by atoms with E-state index in [1.165, 1.54) is 9.75 Å². The zero-order valence-electron chi connectivity index (χ0n) is 11.7. The molecule has 0 aliphatic rings. The molecule has 1 heterocycles. The highest BCUT2D eigenvalue weighted by Gasteiger charge is 2.16. The molecule has 0 saturated heterocycles. The van der Waals surface area contributed by atoms with Gasteiger partial charge in [-0.1, -0.05) is 6.92 Å². The van der Waals surface area contributed by atoms with Crippen molar-refractivity contribution in [3.63, 3.8) is 0 Å². The zero-order valence-corrected chi connectivity index (χ0v) is 12.5. The van der Waals surface area contributed by atoms with Crippen LogP contribution in [0, 0.1) is 0 Å². The van der Waals surface area contributed by atoms with Crippen LogP contribution >= 0.6 is 11.3 Å². The number of hydrogen-bond donors (Lipinski definition) is 0. The second-order valence-electron chi connectivity index (χ2n) is 4.53. The van der Waals surface area contributed by atoms with Crippen molar-refractivity contribution >= 4 is 17.3 Å². The van der Waals surface area contributed by atoms with E-state index in [4.69, 9.17) is 4.74 Å². The molecule has 102 valence electrons. The first-order valence-corrected chi connectivity index (χ1v) is 7.35. The number of rotatable bonds is 7. The lowest BCUT2D eigenvalue weighted by molar-refractivity contribution is -0.145. The Bertz CT molecular complexity index is 374. The first-order chi connectivity index (χ1) is 8.56. The van der Waals surface area contributed by atoms with Crippen molar-refractivity contribution in [3.05, 3.63) is 21.9 Å². The van der Waals surface area contributed by atoms with Gasteiger partial charge in [-0.05, 0) is 39.3 Å². The van der Waals surface area contributed by atoms with Gasteiger partial charge in [0.15, 0.2) is 0 Å². The molecule has 0 aromatic carbocycles. The molecule has 0 spiro atoms. The minimum absolute atomic E-state index is 0.140. The molecular weight excluding hydrogens is 246 g/mol. The average molecular weight is 269 g/mol. The Morgan fingerprint density at radius 3 is 2.50 bits per heavy atom. The molecule has 1 rings (SSSR count). The van der Waals surface area contributed by atoms with Gasteiger partial charge >= 0.3 is 5.97 Å². The molecule has 4 heteroatoms. The third-order valence-corrected chi connectivity index (χ3v) is 4.01. The summed E-state index contributed by atoms with van der Waals surface area (Å²) in [4.78, 5) is 16.4. The lowest BCUT2D eigenvalue weighted by Gasteiger charge is -2.24. The molecule has 1 aromatic heterocycles. The van der Waals surface area contributed by atoms with Gasteiger partial charge in [0, 0.05) is 22.3 Å². The van der Waals surface area contributed by atoms with E-state index in [9.17, 15) is 4.79 Å². The predicted octanol–water partition coefficient (Wildman–Crippen LogP) is 3.08. The van der Waals surface area contributed by atoms with Crippen LogP contribution in [0.3, 0.4) is 0 Å². The SMILES string of the molecule is CCOC(=O)CN(Cc1ccc(CC)s1)C(C)C. The Labute approximate surface area is 114 Å². The number of esters is 1. The van der Waals surface area contributed by atoms with E-state index >= 15 is 0 Å².